The molecular formula is C19H19N7S. The first-order valence-corrected chi connectivity index (χ1v) is 9.74. The molecule has 1 aliphatic rings. The molecule has 0 spiro atoms. The Morgan fingerprint density at radius 2 is 1.74 bits per heavy atom. The van der Waals surface area contributed by atoms with E-state index in [1.54, 1.807) is 17.7 Å². The maximum atomic E-state index is 6.14. The predicted octanol–water partition coefficient (Wildman–Crippen LogP) is 2.85. The second-order valence-electron chi connectivity index (χ2n) is 6.67. The van der Waals surface area contributed by atoms with Gasteiger partial charge in [-0.15, -0.1) is 11.3 Å². The van der Waals surface area contributed by atoms with Crippen LogP contribution in [-0.2, 0) is 0 Å². The van der Waals surface area contributed by atoms with Crippen LogP contribution >= 0.6 is 11.3 Å². The normalized spacial score (nSPS) is 15.0. The molecule has 27 heavy (non-hydrogen) atoms. The molecule has 8 heteroatoms. The molecule has 3 aromatic heterocycles. The number of para-hydroxylation sites is 1. The van der Waals surface area contributed by atoms with Crippen molar-refractivity contribution in [2.45, 2.75) is 6.92 Å². The average molecular weight is 377 g/mol. The van der Waals surface area contributed by atoms with Crippen molar-refractivity contribution in [2.75, 3.05) is 41.7 Å². The maximum absolute atomic E-state index is 6.14. The zero-order chi connectivity index (χ0) is 18.4. The number of hydrogen-bond acceptors (Lipinski definition) is 8. The minimum atomic E-state index is 0.532. The summed E-state index contributed by atoms with van der Waals surface area (Å²) in [6, 6.07) is 10.0. The van der Waals surface area contributed by atoms with Crippen molar-refractivity contribution in [1.29, 1.82) is 0 Å². The third-order valence-corrected chi connectivity index (χ3v) is 5.87. The molecule has 136 valence electrons. The van der Waals surface area contributed by atoms with Crippen LogP contribution in [0.3, 0.4) is 0 Å². The highest BCUT2D eigenvalue weighted by molar-refractivity contribution is 7.18. The van der Waals surface area contributed by atoms with Gasteiger partial charge in [-0.2, -0.15) is 4.98 Å². The first kappa shape index (κ1) is 16.2. The van der Waals surface area contributed by atoms with Gasteiger partial charge >= 0.3 is 0 Å². The van der Waals surface area contributed by atoms with Gasteiger partial charge in [0, 0.05) is 36.4 Å². The molecule has 0 aliphatic carbocycles. The van der Waals surface area contributed by atoms with Crippen LogP contribution in [0.1, 0.15) is 4.88 Å². The van der Waals surface area contributed by atoms with Gasteiger partial charge in [0.1, 0.15) is 22.8 Å². The van der Waals surface area contributed by atoms with Gasteiger partial charge < -0.3 is 15.5 Å². The molecular weight excluding hydrogens is 358 g/mol. The van der Waals surface area contributed by atoms with Crippen LogP contribution < -0.4 is 15.5 Å². The first-order chi connectivity index (χ1) is 13.2. The molecule has 0 atom stereocenters. The molecule has 1 saturated heterocycles. The van der Waals surface area contributed by atoms with Gasteiger partial charge in [-0.1, -0.05) is 12.1 Å². The number of nitrogen functional groups attached to an aromatic ring is 1. The van der Waals surface area contributed by atoms with E-state index in [9.17, 15) is 0 Å². The van der Waals surface area contributed by atoms with Crippen LogP contribution in [-0.4, -0.2) is 46.1 Å². The molecule has 0 saturated carbocycles. The number of nitrogens with zero attached hydrogens (tertiary/aromatic N) is 6. The van der Waals surface area contributed by atoms with Gasteiger partial charge in [0.25, 0.3) is 0 Å². The zero-order valence-corrected chi connectivity index (χ0v) is 15.8. The van der Waals surface area contributed by atoms with Crippen molar-refractivity contribution < 1.29 is 0 Å². The van der Waals surface area contributed by atoms with E-state index in [2.05, 4.69) is 37.7 Å². The maximum Gasteiger partial charge on any atom is 0.228 e. The third-order valence-electron chi connectivity index (χ3n) is 4.91. The number of thiophene rings is 1. The Hall–Kier alpha value is -3.00. The Morgan fingerprint density at radius 1 is 0.963 bits per heavy atom. The lowest BCUT2D eigenvalue weighted by Gasteiger charge is -2.35. The monoisotopic (exact) mass is 377 g/mol. The molecule has 0 amide bonds. The Balaban J connectivity index is 1.40. The van der Waals surface area contributed by atoms with Gasteiger partial charge in [-0.3, -0.25) is 0 Å². The number of hydrogen-bond donors (Lipinski definition) is 1. The summed E-state index contributed by atoms with van der Waals surface area (Å²) >= 11 is 1.71. The van der Waals surface area contributed by atoms with Crippen LogP contribution in [0.5, 0.6) is 0 Å². The quantitative estimate of drug-likeness (QED) is 0.575. The Labute approximate surface area is 160 Å². The van der Waals surface area contributed by atoms with Gasteiger partial charge in [-0.05, 0) is 25.1 Å². The van der Waals surface area contributed by atoms with E-state index in [-0.39, 0.29) is 0 Å². The molecule has 1 fully saturated rings. The lowest BCUT2D eigenvalue weighted by atomic mass is 10.2. The summed E-state index contributed by atoms with van der Waals surface area (Å²) in [5.74, 6) is 2.25. The summed E-state index contributed by atoms with van der Waals surface area (Å²) in [6.07, 6.45) is 1.66. The molecule has 7 nitrogen and oxygen atoms in total. The number of rotatable bonds is 2. The molecule has 5 rings (SSSR count). The average Bonchev–Trinajstić information content (AvgIpc) is 3.08. The first-order valence-electron chi connectivity index (χ1n) is 8.92. The number of aromatic nitrogens is 4. The van der Waals surface area contributed by atoms with Crippen molar-refractivity contribution >= 4 is 50.0 Å². The van der Waals surface area contributed by atoms with Gasteiger partial charge in [-0.25, -0.2) is 15.0 Å². The minimum Gasteiger partial charge on any atom is -0.383 e. The van der Waals surface area contributed by atoms with E-state index >= 15 is 0 Å². The molecule has 4 aromatic rings. The summed E-state index contributed by atoms with van der Waals surface area (Å²) < 4.78 is 0. The highest BCUT2D eigenvalue weighted by Gasteiger charge is 2.22. The van der Waals surface area contributed by atoms with Gasteiger partial charge in [0.15, 0.2) is 0 Å². The van der Waals surface area contributed by atoms with Crippen LogP contribution in [0.2, 0.25) is 0 Å². The Morgan fingerprint density at radius 3 is 2.59 bits per heavy atom. The Kier molecular flexibility index (Phi) is 3.78. The summed E-state index contributed by atoms with van der Waals surface area (Å²) in [6.45, 7) is 5.47. The number of fused-ring (bicyclic) bond motifs is 2. The second-order valence-corrected chi connectivity index (χ2v) is 7.91. The second kappa shape index (κ2) is 6.31. The van der Waals surface area contributed by atoms with E-state index in [0.717, 1.165) is 53.1 Å². The fourth-order valence-corrected chi connectivity index (χ4v) is 4.41. The van der Waals surface area contributed by atoms with E-state index in [1.807, 2.05) is 24.3 Å². The molecule has 1 aliphatic heterocycles. The standard InChI is InChI=1S/C19H19N7S/c1-12-10-14-17(21-11-22-18(14)27-12)25-6-8-26(9-7-25)19-23-15-5-3-2-4-13(15)16(20)24-19/h2-5,10-11H,6-9H2,1H3,(H2,20,23,24). The van der Waals surface area contributed by atoms with Gasteiger partial charge in [0.2, 0.25) is 5.95 Å². The van der Waals surface area contributed by atoms with E-state index < -0.39 is 0 Å². The summed E-state index contributed by atoms with van der Waals surface area (Å²) in [4.78, 5) is 25.0. The number of benzene rings is 1. The SMILES string of the molecule is Cc1cc2c(N3CCN(c4nc(N)c5ccccc5n4)CC3)ncnc2s1. The molecule has 0 bridgehead atoms. The molecule has 2 N–H and O–H groups in total. The third kappa shape index (κ3) is 2.82. The van der Waals surface area contributed by atoms with E-state index in [0.29, 0.717) is 11.8 Å². The predicted molar refractivity (Wildman–Crippen MR) is 111 cm³/mol. The number of piperazine rings is 1. The van der Waals surface area contributed by atoms with Crippen molar-refractivity contribution in [3.05, 3.63) is 41.5 Å². The summed E-state index contributed by atoms with van der Waals surface area (Å²) in [7, 11) is 0. The zero-order valence-electron chi connectivity index (χ0n) is 15.0. The number of nitrogens with two attached hydrogens (primary N) is 1. The van der Waals surface area contributed by atoms with Crippen LogP contribution in [0.25, 0.3) is 21.1 Å². The minimum absolute atomic E-state index is 0.532. The smallest absolute Gasteiger partial charge is 0.228 e. The van der Waals surface area contributed by atoms with Crippen molar-refractivity contribution in [3.63, 3.8) is 0 Å². The highest BCUT2D eigenvalue weighted by Crippen LogP contribution is 2.30. The van der Waals surface area contributed by atoms with Crippen molar-refractivity contribution in [1.82, 2.24) is 19.9 Å². The lowest BCUT2D eigenvalue weighted by Crippen LogP contribution is -2.47. The van der Waals surface area contributed by atoms with Gasteiger partial charge in [0.05, 0.1) is 10.9 Å². The van der Waals surface area contributed by atoms with Crippen molar-refractivity contribution in [3.8, 4) is 0 Å². The fraction of sp³-hybridized carbons (Fsp3) is 0.263. The van der Waals surface area contributed by atoms with E-state index in [1.165, 1.54) is 4.88 Å². The molecule has 0 unspecified atom stereocenters. The Bertz CT molecular complexity index is 1130. The summed E-state index contributed by atoms with van der Waals surface area (Å²) in [5, 5.41) is 2.04. The van der Waals surface area contributed by atoms with Crippen LogP contribution in [0.4, 0.5) is 17.6 Å². The topological polar surface area (TPSA) is 84.1 Å². The molecule has 0 radical (unpaired) electrons. The van der Waals surface area contributed by atoms with Crippen LogP contribution in [0, 0.1) is 6.92 Å². The number of aryl methyl sites for hydroxylation is 1. The fourth-order valence-electron chi connectivity index (χ4n) is 3.56. The highest BCUT2D eigenvalue weighted by atomic mass is 32.1. The van der Waals surface area contributed by atoms with Crippen LogP contribution in [0.15, 0.2) is 36.7 Å². The van der Waals surface area contributed by atoms with E-state index in [4.69, 9.17) is 10.7 Å². The molecule has 4 heterocycles. The number of anilines is 3. The lowest BCUT2D eigenvalue weighted by molar-refractivity contribution is 0.637. The summed E-state index contributed by atoms with van der Waals surface area (Å²) in [5.41, 5.74) is 7.03. The molecule has 1 aromatic carbocycles. The largest absolute Gasteiger partial charge is 0.383 e. The van der Waals surface area contributed by atoms with Crippen molar-refractivity contribution in [2.24, 2.45) is 0 Å².